The fraction of sp³-hybridized carbons (Fsp3) is 0.784. The molecule has 0 heterocycles. The van der Waals surface area contributed by atoms with Crippen molar-refractivity contribution < 1.29 is 24.2 Å². The number of hydrogen-bond acceptors (Lipinski definition) is 5. The number of aliphatic hydroxyl groups is 1. The van der Waals surface area contributed by atoms with Crippen LogP contribution in [0, 0.1) is 0 Å². The van der Waals surface area contributed by atoms with Gasteiger partial charge in [0.2, 0.25) is 0 Å². The van der Waals surface area contributed by atoms with Gasteiger partial charge in [-0.1, -0.05) is 121 Å². The van der Waals surface area contributed by atoms with Gasteiger partial charge in [-0.25, -0.2) is 0 Å². The number of rotatable bonds is 31. The van der Waals surface area contributed by atoms with Crippen LogP contribution in [0.4, 0.5) is 0 Å². The molecule has 0 fully saturated rings. The van der Waals surface area contributed by atoms with Crippen LogP contribution in [-0.2, 0) is 19.1 Å². The van der Waals surface area contributed by atoms with E-state index in [1.807, 2.05) is 0 Å². The smallest absolute Gasteiger partial charge is 0.306 e. The summed E-state index contributed by atoms with van der Waals surface area (Å²) in [5, 5.41) is 9.51. The minimum Gasteiger partial charge on any atom is -0.462 e. The fourth-order valence-corrected chi connectivity index (χ4v) is 4.69. The van der Waals surface area contributed by atoms with E-state index in [1.54, 1.807) is 0 Å². The van der Waals surface area contributed by atoms with Crippen molar-refractivity contribution in [3.05, 3.63) is 36.5 Å². The molecule has 0 saturated carbocycles. The maximum Gasteiger partial charge on any atom is 0.306 e. The van der Waals surface area contributed by atoms with Crippen LogP contribution in [0.5, 0.6) is 0 Å². The molecule has 0 radical (unpaired) electrons. The highest BCUT2D eigenvalue weighted by Gasteiger charge is 2.16. The van der Waals surface area contributed by atoms with Gasteiger partial charge in [-0.05, 0) is 70.6 Å². The third-order valence-electron chi connectivity index (χ3n) is 7.41. The fourth-order valence-electron chi connectivity index (χ4n) is 4.69. The summed E-state index contributed by atoms with van der Waals surface area (Å²) in [5.41, 5.74) is 0. The number of aliphatic hydroxyl groups excluding tert-OH is 1. The van der Waals surface area contributed by atoms with Crippen LogP contribution in [0.25, 0.3) is 0 Å². The summed E-state index contributed by atoms with van der Waals surface area (Å²) in [6.07, 6.45) is 39.0. The number of unbranched alkanes of at least 4 members (excludes halogenated alkanes) is 17. The minimum atomic E-state index is -0.779. The molecule has 244 valence electrons. The summed E-state index contributed by atoms with van der Waals surface area (Å²) in [7, 11) is 0. The van der Waals surface area contributed by atoms with Gasteiger partial charge in [0.05, 0.1) is 6.61 Å². The molecule has 5 nitrogen and oxygen atoms in total. The lowest BCUT2D eigenvalue weighted by Crippen LogP contribution is -2.28. The first-order valence-electron chi connectivity index (χ1n) is 17.5. The van der Waals surface area contributed by atoms with Crippen molar-refractivity contribution in [3.8, 4) is 0 Å². The molecule has 0 saturated heterocycles. The van der Waals surface area contributed by atoms with Crippen molar-refractivity contribution in [2.45, 2.75) is 174 Å². The Morgan fingerprint density at radius 1 is 0.548 bits per heavy atom. The molecule has 1 N–H and O–H groups in total. The molecule has 0 aliphatic heterocycles. The maximum absolute atomic E-state index is 12.1. The minimum absolute atomic E-state index is 0.0754. The lowest BCUT2D eigenvalue weighted by Gasteiger charge is -2.15. The van der Waals surface area contributed by atoms with Crippen LogP contribution < -0.4 is 0 Å². The third-order valence-corrected chi connectivity index (χ3v) is 7.41. The molecule has 5 heteroatoms. The molecule has 0 aromatic carbocycles. The van der Waals surface area contributed by atoms with Gasteiger partial charge < -0.3 is 14.6 Å². The van der Waals surface area contributed by atoms with E-state index in [0.29, 0.717) is 12.8 Å². The van der Waals surface area contributed by atoms with Gasteiger partial charge in [-0.2, -0.15) is 0 Å². The van der Waals surface area contributed by atoms with Crippen LogP contribution in [0.15, 0.2) is 36.5 Å². The highest BCUT2D eigenvalue weighted by molar-refractivity contribution is 5.70. The summed E-state index contributed by atoms with van der Waals surface area (Å²) >= 11 is 0. The molecule has 42 heavy (non-hydrogen) atoms. The zero-order valence-corrected chi connectivity index (χ0v) is 27.5. The standard InChI is InChI=1S/C37H66O5/c1-3-5-7-9-11-13-15-17-18-20-22-24-26-28-30-32-37(40)42-35(33-38)34-41-36(39)31-29-27-25-23-21-19-16-14-12-10-8-6-4-2/h11,13-14,16-18,35,38H,3-10,12,15,19-34H2,1-2H3. The maximum atomic E-state index is 12.1. The van der Waals surface area contributed by atoms with Crippen molar-refractivity contribution in [3.63, 3.8) is 0 Å². The Morgan fingerprint density at radius 2 is 0.952 bits per heavy atom. The normalized spacial score (nSPS) is 12.5. The summed E-state index contributed by atoms with van der Waals surface area (Å²) < 4.78 is 10.5. The summed E-state index contributed by atoms with van der Waals surface area (Å²) in [4.78, 5) is 24.1. The van der Waals surface area contributed by atoms with E-state index >= 15 is 0 Å². The number of esters is 2. The number of allylic oxidation sites excluding steroid dienone is 6. The Balaban J connectivity index is 3.62. The van der Waals surface area contributed by atoms with Gasteiger partial charge in [0.1, 0.15) is 6.61 Å². The molecule has 1 atom stereocenters. The van der Waals surface area contributed by atoms with Crippen LogP contribution in [0.3, 0.4) is 0 Å². The van der Waals surface area contributed by atoms with E-state index in [-0.39, 0.29) is 25.2 Å². The van der Waals surface area contributed by atoms with E-state index < -0.39 is 6.10 Å². The van der Waals surface area contributed by atoms with Crippen molar-refractivity contribution in [1.29, 1.82) is 0 Å². The Morgan fingerprint density at radius 3 is 1.48 bits per heavy atom. The number of ether oxygens (including phenoxy) is 2. The Bertz CT molecular complexity index is 682. The average Bonchev–Trinajstić information content (AvgIpc) is 2.99. The molecule has 0 aliphatic carbocycles. The van der Waals surface area contributed by atoms with E-state index in [0.717, 1.165) is 64.2 Å². The average molecular weight is 591 g/mol. The monoisotopic (exact) mass is 590 g/mol. The van der Waals surface area contributed by atoms with Crippen molar-refractivity contribution in [1.82, 2.24) is 0 Å². The number of carbonyl (C=O) groups is 2. The molecule has 0 bridgehead atoms. The molecule has 0 aromatic rings. The number of carbonyl (C=O) groups excluding carboxylic acids is 2. The van der Waals surface area contributed by atoms with Gasteiger partial charge in [0.15, 0.2) is 6.10 Å². The lowest BCUT2D eigenvalue weighted by molar-refractivity contribution is -0.161. The molecule has 0 aromatic heterocycles. The predicted molar refractivity (Wildman–Crippen MR) is 178 cm³/mol. The van der Waals surface area contributed by atoms with Gasteiger partial charge in [-0.15, -0.1) is 0 Å². The van der Waals surface area contributed by atoms with E-state index in [4.69, 9.17) is 9.47 Å². The second-order valence-corrected chi connectivity index (χ2v) is 11.6. The Labute approximate surface area is 259 Å². The summed E-state index contributed by atoms with van der Waals surface area (Å²) in [6, 6.07) is 0. The van der Waals surface area contributed by atoms with E-state index in [1.165, 1.54) is 77.0 Å². The van der Waals surface area contributed by atoms with Crippen LogP contribution in [0.1, 0.15) is 168 Å². The van der Waals surface area contributed by atoms with Gasteiger partial charge in [0.25, 0.3) is 0 Å². The quantitative estimate of drug-likeness (QED) is 0.0494. The Kier molecular flexibility index (Phi) is 32.1. The molecular weight excluding hydrogens is 524 g/mol. The van der Waals surface area contributed by atoms with Gasteiger partial charge in [0, 0.05) is 12.8 Å². The van der Waals surface area contributed by atoms with E-state index in [2.05, 4.69) is 50.3 Å². The van der Waals surface area contributed by atoms with Crippen molar-refractivity contribution >= 4 is 11.9 Å². The van der Waals surface area contributed by atoms with E-state index in [9.17, 15) is 14.7 Å². The lowest BCUT2D eigenvalue weighted by atomic mass is 10.1. The predicted octanol–water partition coefficient (Wildman–Crippen LogP) is 10.5. The zero-order valence-electron chi connectivity index (χ0n) is 27.5. The second-order valence-electron chi connectivity index (χ2n) is 11.6. The molecule has 1 unspecified atom stereocenters. The van der Waals surface area contributed by atoms with Gasteiger partial charge in [-0.3, -0.25) is 9.59 Å². The first-order chi connectivity index (χ1) is 20.6. The zero-order chi connectivity index (χ0) is 30.8. The third kappa shape index (κ3) is 31.1. The molecule has 0 amide bonds. The molecular formula is C37H66O5. The van der Waals surface area contributed by atoms with Gasteiger partial charge >= 0.3 is 11.9 Å². The SMILES string of the molecule is CCCCCC=CCC=CCCCCCCCC(=O)OC(CO)COC(=O)CCCCCCCC=CCCCCCC. The molecule has 0 spiro atoms. The highest BCUT2D eigenvalue weighted by Crippen LogP contribution is 2.11. The van der Waals surface area contributed by atoms with Crippen molar-refractivity contribution in [2.24, 2.45) is 0 Å². The molecule has 0 rings (SSSR count). The molecule has 0 aliphatic rings. The topological polar surface area (TPSA) is 72.8 Å². The van der Waals surface area contributed by atoms with Crippen LogP contribution in [0.2, 0.25) is 0 Å². The van der Waals surface area contributed by atoms with Crippen molar-refractivity contribution in [2.75, 3.05) is 13.2 Å². The summed E-state index contributed by atoms with van der Waals surface area (Å²) in [6.45, 7) is 4.06. The largest absolute Gasteiger partial charge is 0.462 e. The van der Waals surface area contributed by atoms with Crippen LogP contribution >= 0.6 is 0 Å². The first kappa shape index (κ1) is 40.1. The number of hydrogen-bond donors (Lipinski definition) is 1. The summed E-state index contributed by atoms with van der Waals surface area (Å²) in [5.74, 6) is -0.619. The highest BCUT2D eigenvalue weighted by atomic mass is 16.6. The van der Waals surface area contributed by atoms with Crippen LogP contribution in [-0.4, -0.2) is 36.4 Å². The second kappa shape index (κ2) is 33.6. The Hall–Kier alpha value is -1.88. The first-order valence-corrected chi connectivity index (χ1v) is 17.5.